The van der Waals surface area contributed by atoms with Gasteiger partial charge in [-0.2, -0.15) is 0 Å². The smallest absolute Gasteiger partial charge is 0.275 e. The number of hydrogen-bond donors (Lipinski definition) is 4. The Balaban J connectivity index is 1.14. The molecule has 13 nitrogen and oxygen atoms in total. The van der Waals surface area contributed by atoms with Crippen molar-refractivity contribution in [2.24, 2.45) is 5.41 Å². The molecule has 2 amide bonds. The van der Waals surface area contributed by atoms with Gasteiger partial charge in [0.15, 0.2) is 34.0 Å². The molecule has 4 heterocycles. The lowest BCUT2D eigenvalue weighted by Gasteiger charge is -2.39. The highest BCUT2D eigenvalue weighted by molar-refractivity contribution is 6.32. The van der Waals surface area contributed by atoms with Gasteiger partial charge < -0.3 is 36.1 Å². The maximum atomic E-state index is 13.5. The van der Waals surface area contributed by atoms with Crippen molar-refractivity contribution in [1.29, 1.82) is 0 Å². The van der Waals surface area contributed by atoms with Crippen molar-refractivity contribution in [1.82, 2.24) is 35.3 Å². The number of anilines is 2. The molecule has 43 heavy (non-hydrogen) atoms. The lowest BCUT2D eigenvalue weighted by Crippen LogP contribution is -2.45. The number of amides is 2. The number of nitrogens with zero attached hydrogens (tertiary/aromatic N) is 5. The predicted molar refractivity (Wildman–Crippen MR) is 165 cm³/mol. The number of methoxy groups -OCH3 is 1. The number of rotatable bonds is 8. The second kappa shape index (κ2) is 13.3. The number of aromatic nitrogens is 2. The molecular weight excluding hydrogens is 597 g/mol. The zero-order valence-corrected chi connectivity index (χ0v) is 26.0. The van der Waals surface area contributed by atoms with Gasteiger partial charge in [0.2, 0.25) is 0 Å². The molecule has 0 radical (unpaired) electrons. The zero-order valence-electron chi connectivity index (χ0n) is 24.5. The van der Waals surface area contributed by atoms with Crippen molar-refractivity contribution in [2.45, 2.75) is 25.4 Å². The zero-order chi connectivity index (χ0) is 30.7. The number of carbonyl (C=O) groups excluding carboxylic acids is 2. The lowest BCUT2D eigenvalue weighted by molar-refractivity contribution is 0.0602. The van der Waals surface area contributed by atoms with Gasteiger partial charge in [0.1, 0.15) is 6.61 Å². The van der Waals surface area contributed by atoms with Crippen LogP contribution >= 0.6 is 23.2 Å². The summed E-state index contributed by atoms with van der Waals surface area (Å²) >= 11 is 12.5. The van der Waals surface area contributed by atoms with Crippen LogP contribution in [0.1, 0.15) is 40.1 Å². The highest BCUT2D eigenvalue weighted by Gasteiger charge is 2.43. The summed E-state index contributed by atoms with van der Waals surface area (Å²) < 4.78 is 11.6. The summed E-state index contributed by atoms with van der Waals surface area (Å²) in [6.07, 6.45) is 1.99. The van der Waals surface area contributed by atoms with Crippen LogP contribution < -0.4 is 31.6 Å². The molecule has 0 saturated carbocycles. The van der Waals surface area contributed by atoms with E-state index in [1.807, 2.05) is 4.90 Å². The molecule has 15 heteroatoms. The molecule has 1 spiro atoms. The Labute approximate surface area is 261 Å². The summed E-state index contributed by atoms with van der Waals surface area (Å²) in [6.45, 7) is 7.23. The summed E-state index contributed by atoms with van der Waals surface area (Å²) in [5, 5.41) is 6.56. The number of carbonyl (C=O) groups is 2. The van der Waals surface area contributed by atoms with Gasteiger partial charge >= 0.3 is 0 Å². The molecule has 2 aromatic rings. The van der Waals surface area contributed by atoms with Gasteiger partial charge in [-0.25, -0.2) is 9.97 Å². The quantitative estimate of drug-likeness (QED) is 0.333. The van der Waals surface area contributed by atoms with Crippen molar-refractivity contribution in [2.75, 3.05) is 84.6 Å². The monoisotopic (exact) mass is 635 g/mol. The Morgan fingerprint density at radius 1 is 1.09 bits per heavy atom. The molecule has 0 bridgehead atoms. The molecule has 3 aliphatic heterocycles. The van der Waals surface area contributed by atoms with Crippen LogP contribution in [0.4, 0.5) is 11.6 Å². The van der Waals surface area contributed by atoms with E-state index in [4.69, 9.17) is 44.1 Å². The van der Waals surface area contributed by atoms with Crippen molar-refractivity contribution < 1.29 is 19.1 Å². The fraction of sp³-hybridized carbons (Fsp3) is 0.571. The molecule has 0 aliphatic carbocycles. The molecule has 1 aromatic heterocycles. The van der Waals surface area contributed by atoms with Gasteiger partial charge in [0.05, 0.1) is 18.3 Å². The molecule has 6 N–H and O–H groups in total. The van der Waals surface area contributed by atoms with E-state index in [1.54, 1.807) is 19.2 Å². The van der Waals surface area contributed by atoms with Crippen LogP contribution in [0.3, 0.4) is 0 Å². The summed E-state index contributed by atoms with van der Waals surface area (Å²) in [5.74, 6) is 0.189. The number of likely N-dealkylation sites (tertiary alicyclic amines) is 1. The first-order valence-electron chi connectivity index (χ1n) is 14.4. The Hall–Kier alpha value is -3.10. The van der Waals surface area contributed by atoms with Crippen LogP contribution in [0.25, 0.3) is 0 Å². The second-order valence-corrected chi connectivity index (χ2v) is 12.3. The molecule has 5 rings (SSSR count). The van der Waals surface area contributed by atoms with E-state index in [0.717, 1.165) is 45.6 Å². The van der Waals surface area contributed by atoms with Crippen LogP contribution in [0.5, 0.6) is 11.5 Å². The predicted octanol–water partition coefficient (Wildman–Crippen LogP) is 1.55. The minimum absolute atomic E-state index is 0.0309. The van der Waals surface area contributed by atoms with Crippen LogP contribution in [0, 0.1) is 5.41 Å². The van der Waals surface area contributed by atoms with Gasteiger partial charge in [-0.15, -0.1) is 0 Å². The fourth-order valence-electron chi connectivity index (χ4n) is 5.93. The second-order valence-electron chi connectivity index (χ2n) is 11.5. The number of nitrogen functional groups attached to an aromatic ring is 2. The van der Waals surface area contributed by atoms with Crippen LogP contribution in [0.15, 0.2) is 12.1 Å². The van der Waals surface area contributed by atoms with E-state index >= 15 is 0 Å². The number of likely N-dealkylation sites (N-methyl/N-ethyl adjacent to an activating group) is 1. The molecule has 1 unspecified atom stereocenters. The van der Waals surface area contributed by atoms with E-state index < -0.39 is 5.91 Å². The standard InChI is InChI=1S/C28H39Cl2N9O4/c1-37-7-9-38(10-8-37)11-12-43-22-18(29)13-17(14-19(22)42-2)27(41)39-5-3-28(4-6-39)15-20(33-16-28)34-26(40)21-24(31)36-25(32)23(30)35-21/h13-14,20,33H,3-12,15-16H2,1-2H3,(H,34,40)(H4,31,32,36). The number of nitrogens with two attached hydrogens (primary N) is 2. The topological polar surface area (TPSA) is 164 Å². The number of halogens is 2. The number of piperazine rings is 1. The number of ether oxygens (including phenoxy) is 2. The molecule has 1 atom stereocenters. The maximum absolute atomic E-state index is 13.5. The van der Waals surface area contributed by atoms with Gasteiger partial charge in [0, 0.05) is 57.9 Å². The van der Waals surface area contributed by atoms with Gasteiger partial charge in [-0.1, -0.05) is 23.2 Å². The molecule has 1 aromatic carbocycles. The number of hydrogen-bond acceptors (Lipinski definition) is 11. The van der Waals surface area contributed by atoms with Crippen LogP contribution in [-0.4, -0.2) is 116 Å². The summed E-state index contributed by atoms with van der Waals surface area (Å²) in [4.78, 5) is 40.6. The van der Waals surface area contributed by atoms with Crippen molar-refractivity contribution in [3.05, 3.63) is 33.6 Å². The fourth-order valence-corrected chi connectivity index (χ4v) is 6.33. The van der Waals surface area contributed by atoms with Crippen molar-refractivity contribution >= 4 is 46.7 Å². The SMILES string of the molecule is COc1cc(C(=O)N2CCC3(CC2)CNC(NC(=O)c2nc(Cl)c(N)nc2N)C3)cc(Cl)c1OCCN1CCN(C)CC1. The first-order chi connectivity index (χ1) is 20.6. The molecule has 3 saturated heterocycles. The number of piperidine rings is 1. The van der Waals surface area contributed by atoms with Crippen molar-refractivity contribution in [3.63, 3.8) is 0 Å². The summed E-state index contributed by atoms with van der Waals surface area (Å²) in [5.41, 5.74) is 11.8. The number of benzene rings is 1. The summed E-state index contributed by atoms with van der Waals surface area (Å²) in [7, 11) is 3.67. The molecular formula is C28H39Cl2N9O4. The Morgan fingerprint density at radius 3 is 2.51 bits per heavy atom. The van der Waals surface area contributed by atoms with Gasteiger partial charge in [-0.05, 0) is 43.9 Å². The van der Waals surface area contributed by atoms with E-state index in [0.29, 0.717) is 54.7 Å². The highest BCUT2D eigenvalue weighted by Crippen LogP contribution is 2.40. The third-order valence-electron chi connectivity index (χ3n) is 8.62. The number of nitrogens with one attached hydrogen (secondary N) is 2. The lowest BCUT2D eigenvalue weighted by atomic mass is 9.77. The molecule has 3 fully saturated rings. The van der Waals surface area contributed by atoms with E-state index in [1.165, 1.54) is 0 Å². The van der Waals surface area contributed by atoms with Gasteiger partial charge in [0.25, 0.3) is 11.8 Å². The average Bonchev–Trinajstić information content (AvgIpc) is 3.37. The highest BCUT2D eigenvalue weighted by atomic mass is 35.5. The summed E-state index contributed by atoms with van der Waals surface area (Å²) in [6, 6.07) is 3.35. The minimum atomic E-state index is -0.480. The third kappa shape index (κ3) is 7.18. The van der Waals surface area contributed by atoms with Crippen molar-refractivity contribution in [3.8, 4) is 11.5 Å². The van der Waals surface area contributed by atoms with E-state index in [2.05, 4.69) is 37.4 Å². The Morgan fingerprint density at radius 2 is 1.81 bits per heavy atom. The van der Waals surface area contributed by atoms with Crippen LogP contribution in [0.2, 0.25) is 10.2 Å². The third-order valence-corrected chi connectivity index (χ3v) is 9.18. The largest absolute Gasteiger partial charge is 0.493 e. The maximum Gasteiger partial charge on any atom is 0.275 e. The molecule has 234 valence electrons. The first-order valence-corrected chi connectivity index (χ1v) is 15.2. The Kier molecular flexibility index (Phi) is 9.67. The first kappa shape index (κ1) is 31.3. The molecule has 3 aliphatic rings. The van der Waals surface area contributed by atoms with E-state index in [9.17, 15) is 9.59 Å². The van der Waals surface area contributed by atoms with Crippen LogP contribution in [-0.2, 0) is 0 Å². The van der Waals surface area contributed by atoms with Gasteiger partial charge in [-0.3, -0.25) is 19.8 Å². The minimum Gasteiger partial charge on any atom is -0.493 e. The van der Waals surface area contributed by atoms with E-state index in [-0.39, 0.29) is 40.0 Å². The average molecular weight is 637 g/mol. The normalized spacial score (nSPS) is 20.7. The Bertz CT molecular complexity index is 1350.